The molecule has 2 aromatic heterocycles. The van der Waals surface area contributed by atoms with E-state index in [0.717, 1.165) is 69.6 Å². The summed E-state index contributed by atoms with van der Waals surface area (Å²) in [6.45, 7) is 3.14. The highest BCUT2D eigenvalue weighted by atomic mass is 19.4. The van der Waals surface area contributed by atoms with Gasteiger partial charge in [0.15, 0.2) is 11.5 Å². The quantitative estimate of drug-likeness (QED) is 0.684. The number of nitrogens with zero attached hydrogens (tertiary/aromatic N) is 6. The van der Waals surface area contributed by atoms with Crippen LogP contribution in [0.3, 0.4) is 0 Å². The number of aromatic nitrogens is 5. The van der Waals surface area contributed by atoms with Crippen LogP contribution in [0.15, 0.2) is 12.1 Å². The van der Waals surface area contributed by atoms with E-state index in [1.54, 1.807) is 0 Å². The van der Waals surface area contributed by atoms with E-state index in [9.17, 15) is 18.0 Å². The number of anilines is 1. The number of nitrogens with one attached hydrogen (secondary N) is 2. The zero-order valence-corrected chi connectivity index (χ0v) is 19.2. The number of carbonyl (C=O) groups is 1. The standard InChI is InChI=1S/C23H27F3N8O/c24-23(25,26)16-3-4-17(30-29-16)27-15-7-22(8-15)11-34(12-22)20(35)33-9-21(10-33)5-14(6-21)19-28-18(31-32-19)13-1-2-13/h3-4,13-15H,1-2,5-12H2,(H,27,30)(H,28,31,32). The van der Waals surface area contributed by atoms with Crippen LogP contribution in [0.1, 0.15) is 67.7 Å². The molecule has 2 N–H and O–H groups in total. The number of hydrogen-bond acceptors (Lipinski definition) is 6. The van der Waals surface area contributed by atoms with Gasteiger partial charge in [-0.15, -0.1) is 10.2 Å². The lowest BCUT2D eigenvalue weighted by molar-refractivity contribution is -0.141. The van der Waals surface area contributed by atoms with Crippen molar-refractivity contribution in [2.75, 3.05) is 31.5 Å². The van der Waals surface area contributed by atoms with Gasteiger partial charge in [-0.3, -0.25) is 5.10 Å². The van der Waals surface area contributed by atoms with Gasteiger partial charge >= 0.3 is 12.2 Å². The lowest BCUT2D eigenvalue weighted by Gasteiger charge is -2.63. The minimum atomic E-state index is -4.49. The van der Waals surface area contributed by atoms with Crippen LogP contribution in [0.2, 0.25) is 0 Å². The van der Waals surface area contributed by atoms with E-state index >= 15 is 0 Å². The van der Waals surface area contributed by atoms with Crippen molar-refractivity contribution < 1.29 is 18.0 Å². The summed E-state index contributed by atoms with van der Waals surface area (Å²) in [6.07, 6.45) is 1.81. The van der Waals surface area contributed by atoms with Crippen molar-refractivity contribution in [3.8, 4) is 0 Å². The fourth-order valence-electron chi connectivity index (χ4n) is 6.55. The van der Waals surface area contributed by atoms with Gasteiger partial charge in [0.25, 0.3) is 0 Å². The number of urea groups is 1. The molecule has 0 bridgehead atoms. The maximum atomic E-state index is 12.9. The molecule has 0 unspecified atom stereocenters. The van der Waals surface area contributed by atoms with Gasteiger partial charge in [0.2, 0.25) is 0 Å². The molecule has 7 rings (SSSR count). The summed E-state index contributed by atoms with van der Waals surface area (Å²) in [7, 11) is 0. The van der Waals surface area contributed by atoms with Gasteiger partial charge in [-0.25, -0.2) is 9.78 Å². The van der Waals surface area contributed by atoms with Gasteiger partial charge in [0.1, 0.15) is 11.6 Å². The van der Waals surface area contributed by atoms with Crippen molar-refractivity contribution in [1.29, 1.82) is 0 Å². The summed E-state index contributed by atoms with van der Waals surface area (Å²) in [5.74, 6) is 3.34. The van der Waals surface area contributed by atoms with E-state index in [4.69, 9.17) is 0 Å². The number of rotatable bonds is 4. The molecular weight excluding hydrogens is 461 g/mol. The highest BCUT2D eigenvalue weighted by Crippen LogP contribution is 2.56. The molecule has 4 heterocycles. The van der Waals surface area contributed by atoms with E-state index < -0.39 is 11.9 Å². The predicted molar refractivity (Wildman–Crippen MR) is 117 cm³/mol. The zero-order chi connectivity index (χ0) is 24.0. The number of likely N-dealkylation sites (tertiary alicyclic amines) is 2. The minimum Gasteiger partial charge on any atom is -0.366 e. The molecule has 2 spiro atoms. The maximum absolute atomic E-state index is 12.9. The van der Waals surface area contributed by atoms with Crippen LogP contribution < -0.4 is 5.32 Å². The number of halogens is 3. The largest absolute Gasteiger partial charge is 0.435 e. The van der Waals surface area contributed by atoms with E-state index in [0.29, 0.717) is 17.7 Å². The summed E-state index contributed by atoms with van der Waals surface area (Å²) in [6, 6.07) is 2.53. The molecule has 2 aliphatic heterocycles. The zero-order valence-electron chi connectivity index (χ0n) is 19.2. The van der Waals surface area contributed by atoms with Crippen LogP contribution in [-0.2, 0) is 6.18 Å². The summed E-state index contributed by atoms with van der Waals surface area (Å²) in [5, 5.41) is 17.6. The highest BCUT2D eigenvalue weighted by molar-refractivity contribution is 5.77. The summed E-state index contributed by atoms with van der Waals surface area (Å²) >= 11 is 0. The molecule has 2 aromatic rings. The molecule has 5 aliphatic rings. The Morgan fingerprint density at radius 1 is 0.971 bits per heavy atom. The van der Waals surface area contributed by atoms with E-state index in [1.165, 1.54) is 18.9 Å². The van der Waals surface area contributed by atoms with Crippen LogP contribution in [0, 0.1) is 10.8 Å². The SMILES string of the molecule is O=C(N1CC2(CC(Nc3ccc(C(F)(F)F)nn3)C2)C1)N1CC2(CC(c3n[nH]c(C4CC4)n3)C2)C1. The molecule has 9 nitrogen and oxygen atoms in total. The average molecular weight is 489 g/mol. The number of amides is 2. The maximum Gasteiger partial charge on any atom is 0.435 e. The van der Waals surface area contributed by atoms with E-state index in [-0.39, 0.29) is 22.9 Å². The third kappa shape index (κ3) is 3.63. The molecule has 2 amide bonds. The number of hydrogen-bond donors (Lipinski definition) is 2. The Kier molecular flexibility index (Phi) is 4.32. The summed E-state index contributed by atoms with van der Waals surface area (Å²) in [4.78, 5) is 21.5. The fraction of sp³-hybridized carbons (Fsp3) is 0.696. The predicted octanol–water partition coefficient (Wildman–Crippen LogP) is 3.37. The monoisotopic (exact) mass is 488 g/mol. The van der Waals surface area contributed by atoms with Crippen LogP contribution in [0.25, 0.3) is 0 Å². The third-order valence-electron chi connectivity index (χ3n) is 8.52. The van der Waals surface area contributed by atoms with Gasteiger partial charge in [-0.05, 0) is 50.7 Å². The Bertz CT molecular complexity index is 1130. The smallest absolute Gasteiger partial charge is 0.366 e. The van der Waals surface area contributed by atoms with Crippen LogP contribution >= 0.6 is 0 Å². The van der Waals surface area contributed by atoms with Crippen molar-refractivity contribution in [2.45, 2.75) is 62.6 Å². The van der Waals surface area contributed by atoms with Gasteiger partial charge in [-0.2, -0.15) is 18.3 Å². The van der Waals surface area contributed by atoms with Crippen molar-refractivity contribution in [3.63, 3.8) is 0 Å². The van der Waals surface area contributed by atoms with E-state index in [1.807, 2.05) is 9.80 Å². The van der Waals surface area contributed by atoms with Gasteiger partial charge in [0, 0.05) is 54.9 Å². The van der Waals surface area contributed by atoms with Crippen molar-refractivity contribution in [1.82, 2.24) is 35.2 Å². The lowest BCUT2D eigenvalue weighted by atomic mass is 9.57. The number of carbonyl (C=O) groups excluding carboxylic acids is 1. The molecule has 12 heteroatoms. The first-order valence-corrected chi connectivity index (χ1v) is 12.3. The first-order valence-electron chi connectivity index (χ1n) is 12.3. The Morgan fingerprint density at radius 3 is 2.20 bits per heavy atom. The first kappa shape index (κ1) is 21.4. The normalized spacial score (nSPS) is 25.1. The molecule has 35 heavy (non-hydrogen) atoms. The number of H-pyrrole nitrogens is 1. The lowest BCUT2D eigenvalue weighted by Crippen LogP contribution is -2.71. The molecule has 186 valence electrons. The second kappa shape index (κ2) is 7.07. The van der Waals surface area contributed by atoms with Crippen molar-refractivity contribution in [2.24, 2.45) is 10.8 Å². The van der Waals surface area contributed by atoms with Gasteiger partial charge in [-0.1, -0.05) is 0 Å². The van der Waals surface area contributed by atoms with Crippen LogP contribution in [0.5, 0.6) is 0 Å². The van der Waals surface area contributed by atoms with Gasteiger partial charge in [0.05, 0.1) is 0 Å². The number of alkyl halides is 3. The molecule has 5 fully saturated rings. The molecule has 0 radical (unpaired) electrons. The second-order valence-electron chi connectivity index (χ2n) is 11.5. The van der Waals surface area contributed by atoms with E-state index in [2.05, 4.69) is 30.7 Å². The molecular formula is C23H27F3N8O. The molecule has 0 atom stereocenters. The van der Waals surface area contributed by atoms with Crippen molar-refractivity contribution >= 4 is 11.8 Å². The Balaban J connectivity index is 0.840. The number of aromatic amines is 1. The Labute approximate surface area is 199 Å². The molecule has 3 saturated carbocycles. The fourth-order valence-corrected chi connectivity index (χ4v) is 6.55. The summed E-state index contributed by atoms with van der Waals surface area (Å²) < 4.78 is 37.9. The minimum absolute atomic E-state index is 0.127. The Morgan fingerprint density at radius 2 is 1.63 bits per heavy atom. The van der Waals surface area contributed by atoms with Crippen LogP contribution in [0.4, 0.5) is 23.8 Å². The average Bonchev–Trinajstić information content (AvgIpc) is 3.44. The third-order valence-corrected chi connectivity index (χ3v) is 8.52. The van der Waals surface area contributed by atoms with Crippen LogP contribution in [-0.4, -0.2) is 73.4 Å². The van der Waals surface area contributed by atoms with Gasteiger partial charge < -0.3 is 15.1 Å². The molecule has 0 aromatic carbocycles. The summed E-state index contributed by atoms with van der Waals surface area (Å²) in [5.41, 5.74) is -0.619. The Hall–Kier alpha value is -2.92. The van der Waals surface area contributed by atoms with Crippen molar-refractivity contribution in [3.05, 3.63) is 29.5 Å². The molecule has 3 aliphatic carbocycles. The topological polar surface area (TPSA) is 103 Å². The highest BCUT2D eigenvalue weighted by Gasteiger charge is 2.59. The second-order valence-corrected chi connectivity index (χ2v) is 11.5. The molecule has 2 saturated heterocycles. The first-order chi connectivity index (χ1) is 16.7.